The Labute approximate surface area is 144 Å². The van der Waals surface area contributed by atoms with Crippen LogP contribution in [0.5, 0.6) is 0 Å². The minimum atomic E-state index is -0.703. The highest BCUT2D eigenvalue weighted by molar-refractivity contribution is 5.48. The van der Waals surface area contributed by atoms with Crippen LogP contribution in [-0.4, -0.2) is 22.7 Å². The molecule has 0 radical (unpaired) electrons. The summed E-state index contributed by atoms with van der Waals surface area (Å²) < 4.78 is 0. The fourth-order valence-electron chi connectivity index (χ4n) is 4.81. The van der Waals surface area contributed by atoms with Crippen molar-refractivity contribution in [3.63, 3.8) is 0 Å². The van der Waals surface area contributed by atoms with E-state index in [4.69, 9.17) is 0 Å². The summed E-state index contributed by atoms with van der Waals surface area (Å²) in [5, 5.41) is 11.6. The predicted octanol–water partition coefficient (Wildman–Crippen LogP) is 4.05. The second-order valence-corrected chi connectivity index (χ2v) is 7.34. The lowest BCUT2D eigenvalue weighted by Gasteiger charge is -2.53. The summed E-state index contributed by atoms with van der Waals surface area (Å²) in [7, 11) is 0. The SMILES string of the molecule is Cc1cccnc1N1CC[C@@](O)(c2ccccc2)[C@@H]2CCCCC21. The molecule has 1 aromatic carbocycles. The first-order valence-corrected chi connectivity index (χ1v) is 9.16. The maximum atomic E-state index is 11.6. The van der Waals surface area contributed by atoms with Gasteiger partial charge in [0.2, 0.25) is 0 Å². The summed E-state index contributed by atoms with van der Waals surface area (Å²) in [5.74, 6) is 1.38. The van der Waals surface area contributed by atoms with Gasteiger partial charge in [-0.3, -0.25) is 0 Å². The first-order chi connectivity index (χ1) is 11.7. The average molecular weight is 322 g/mol. The van der Waals surface area contributed by atoms with Crippen LogP contribution in [0.25, 0.3) is 0 Å². The maximum absolute atomic E-state index is 11.6. The molecule has 2 fully saturated rings. The second-order valence-electron chi connectivity index (χ2n) is 7.34. The normalized spacial score (nSPS) is 30.0. The van der Waals surface area contributed by atoms with E-state index in [1.54, 1.807) is 0 Å². The van der Waals surface area contributed by atoms with Crippen LogP contribution in [0.4, 0.5) is 5.82 Å². The van der Waals surface area contributed by atoms with Crippen molar-refractivity contribution < 1.29 is 5.11 Å². The van der Waals surface area contributed by atoms with Gasteiger partial charge in [0, 0.05) is 24.7 Å². The first-order valence-electron chi connectivity index (χ1n) is 9.16. The van der Waals surface area contributed by atoms with Crippen LogP contribution in [0.2, 0.25) is 0 Å². The summed E-state index contributed by atoms with van der Waals surface area (Å²) >= 11 is 0. The van der Waals surface area contributed by atoms with Crippen LogP contribution in [-0.2, 0) is 5.60 Å². The third-order valence-corrected chi connectivity index (χ3v) is 6.00. The molecule has 3 atom stereocenters. The Bertz CT molecular complexity index is 702. The second kappa shape index (κ2) is 6.21. The van der Waals surface area contributed by atoms with Crippen molar-refractivity contribution in [1.82, 2.24) is 4.98 Å². The molecule has 1 unspecified atom stereocenters. The van der Waals surface area contributed by atoms with Crippen molar-refractivity contribution in [1.29, 1.82) is 0 Å². The smallest absolute Gasteiger partial charge is 0.131 e. The van der Waals surface area contributed by atoms with E-state index in [1.165, 1.54) is 18.4 Å². The molecule has 1 aliphatic carbocycles. The molecule has 1 aliphatic heterocycles. The number of piperidine rings is 1. The first kappa shape index (κ1) is 15.6. The summed E-state index contributed by atoms with van der Waals surface area (Å²) in [6.07, 6.45) is 7.36. The van der Waals surface area contributed by atoms with Gasteiger partial charge in [-0.1, -0.05) is 49.2 Å². The average Bonchev–Trinajstić information content (AvgIpc) is 2.64. The van der Waals surface area contributed by atoms with Crippen LogP contribution < -0.4 is 4.90 Å². The van der Waals surface area contributed by atoms with Gasteiger partial charge in [0.15, 0.2) is 0 Å². The van der Waals surface area contributed by atoms with E-state index in [0.717, 1.165) is 37.2 Å². The fourth-order valence-corrected chi connectivity index (χ4v) is 4.81. The molecule has 126 valence electrons. The Morgan fingerprint density at radius 1 is 1.08 bits per heavy atom. The number of benzene rings is 1. The number of anilines is 1. The molecular formula is C21H26N2O. The van der Waals surface area contributed by atoms with Gasteiger partial charge in [-0.05, 0) is 43.4 Å². The number of aryl methyl sites for hydroxylation is 1. The van der Waals surface area contributed by atoms with Gasteiger partial charge >= 0.3 is 0 Å². The van der Waals surface area contributed by atoms with E-state index in [9.17, 15) is 5.11 Å². The lowest BCUT2D eigenvalue weighted by Crippen LogP contribution is -2.58. The standard InChI is InChI=1S/C21H26N2O/c1-16-8-7-14-22-20(16)23-15-13-21(24,17-9-3-2-4-10-17)18-11-5-6-12-19(18)23/h2-4,7-10,14,18-19,24H,5-6,11-13,15H2,1H3/t18-,19?,21-/m1/s1. The number of aromatic nitrogens is 1. The molecule has 3 nitrogen and oxygen atoms in total. The Morgan fingerprint density at radius 3 is 2.67 bits per heavy atom. The fraction of sp³-hybridized carbons (Fsp3) is 0.476. The van der Waals surface area contributed by atoms with E-state index >= 15 is 0 Å². The molecule has 0 bridgehead atoms. The molecule has 1 saturated carbocycles. The van der Waals surface area contributed by atoms with Gasteiger partial charge in [0.25, 0.3) is 0 Å². The lowest BCUT2D eigenvalue weighted by molar-refractivity contribution is -0.0691. The van der Waals surface area contributed by atoms with Crippen molar-refractivity contribution in [2.75, 3.05) is 11.4 Å². The topological polar surface area (TPSA) is 36.4 Å². The van der Waals surface area contributed by atoms with Gasteiger partial charge in [-0.15, -0.1) is 0 Å². The number of hydrogen-bond donors (Lipinski definition) is 1. The van der Waals surface area contributed by atoms with E-state index in [-0.39, 0.29) is 5.92 Å². The Kier molecular flexibility index (Phi) is 4.05. The van der Waals surface area contributed by atoms with Gasteiger partial charge < -0.3 is 10.0 Å². The van der Waals surface area contributed by atoms with Crippen LogP contribution >= 0.6 is 0 Å². The minimum Gasteiger partial charge on any atom is -0.385 e. The number of nitrogens with zero attached hydrogens (tertiary/aromatic N) is 2. The minimum absolute atomic E-state index is 0.281. The van der Waals surface area contributed by atoms with E-state index < -0.39 is 5.60 Å². The molecule has 1 aromatic heterocycles. The summed E-state index contributed by atoms with van der Waals surface area (Å²) in [6.45, 7) is 3.00. The molecule has 0 spiro atoms. The maximum Gasteiger partial charge on any atom is 0.131 e. The molecule has 24 heavy (non-hydrogen) atoms. The molecule has 4 rings (SSSR count). The highest BCUT2D eigenvalue weighted by Gasteiger charge is 2.49. The lowest BCUT2D eigenvalue weighted by atomic mass is 9.66. The number of hydrogen-bond acceptors (Lipinski definition) is 3. The zero-order valence-electron chi connectivity index (χ0n) is 14.4. The van der Waals surface area contributed by atoms with Crippen molar-refractivity contribution in [2.45, 2.75) is 50.7 Å². The van der Waals surface area contributed by atoms with Gasteiger partial charge in [0.05, 0.1) is 5.60 Å². The van der Waals surface area contributed by atoms with Crippen LogP contribution in [0.1, 0.15) is 43.2 Å². The van der Waals surface area contributed by atoms with Crippen LogP contribution in [0.15, 0.2) is 48.7 Å². The van der Waals surface area contributed by atoms with E-state index in [2.05, 4.69) is 35.0 Å². The van der Waals surface area contributed by atoms with Crippen LogP contribution in [0, 0.1) is 12.8 Å². The van der Waals surface area contributed by atoms with Gasteiger partial charge in [-0.25, -0.2) is 4.98 Å². The molecule has 3 heteroatoms. The van der Waals surface area contributed by atoms with Gasteiger partial charge in [0.1, 0.15) is 5.82 Å². The van der Waals surface area contributed by atoms with Crippen LogP contribution in [0.3, 0.4) is 0 Å². The van der Waals surface area contributed by atoms with E-state index in [0.29, 0.717) is 6.04 Å². The number of fused-ring (bicyclic) bond motifs is 1. The predicted molar refractivity (Wildman–Crippen MR) is 97.0 cm³/mol. The number of pyridine rings is 1. The summed E-state index contributed by atoms with van der Waals surface area (Å²) in [6, 6.07) is 14.8. The third kappa shape index (κ3) is 2.51. The summed E-state index contributed by atoms with van der Waals surface area (Å²) in [4.78, 5) is 7.13. The van der Waals surface area contributed by atoms with Crippen molar-refractivity contribution in [2.24, 2.45) is 5.92 Å². The van der Waals surface area contributed by atoms with Crippen molar-refractivity contribution >= 4 is 5.82 Å². The molecule has 2 aromatic rings. The zero-order valence-corrected chi connectivity index (χ0v) is 14.4. The molecule has 2 aliphatic rings. The number of aliphatic hydroxyl groups is 1. The summed E-state index contributed by atoms with van der Waals surface area (Å²) in [5.41, 5.74) is 1.61. The van der Waals surface area contributed by atoms with Crippen molar-refractivity contribution in [3.8, 4) is 0 Å². The Morgan fingerprint density at radius 2 is 1.88 bits per heavy atom. The highest BCUT2D eigenvalue weighted by atomic mass is 16.3. The molecule has 0 amide bonds. The Balaban J connectivity index is 1.71. The molecule has 1 N–H and O–H groups in total. The van der Waals surface area contributed by atoms with Crippen molar-refractivity contribution in [3.05, 3.63) is 59.8 Å². The molecular weight excluding hydrogens is 296 g/mol. The molecule has 2 heterocycles. The third-order valence-electron chi connectivity index (χ3n) is 6.00. The highest BCUT2D eigenvalue weighted by Crippen LogP contribution is 2.48. The van der Waals surface area contributed by atoms with E-state index in [1.807, 2.05) is 30.5 Å². The number of rotatable bonds is 2. The van der Waals surface area contributed by atoms with Gasteiger partial charge in [-0.2, -0.15) is 0 Å². The Hall–Kier alpha value is -1.87. The molecule has 1 saturated heterocycles. The monoisotopic (exact) mass is 322 g/mol. The largest absolute Gasteiger partial charge is 0.385 e. The quantitative estimate of drug-likeness (QED) is 0.906. The zero-order chi connectivity index (χ0) is 16.6.